The molecule has 0 aromatic heterocycles. The van der Waals surface area contributed by atoms with Crippen LogP contribution in [0.1, 0.15) is 12.8 Å². The Kier molecular flexibility index (Phi) is 2.77. The highest BCUT2D eigenvalue weighted by atomic mass is 19.1. The minimum absolute atomic E-state index is 0.368. The van der Waals surface area contributed by atoms with Crippen LogP contribution in [-0.4, -0.2) is 38.1 Å². The minimum Gasteiger partial charge on any atom is -0.368 e. The number of likely N-dealkylation sites (tertiary alicyclic amines) is 1. The first kappa shape index (κ1) is 11.9. The molecule has 2 nitrogen and oxygen atoms in total. The minimum atomic E-state index is -0.509. The van der Waals surface area contributed by atoms with E-state index in [9.17, 15) is 8.78 Å². The first-order valence-corrected chi connectivity index (χ1v) is 6.47. The van der Waals surface area contributed by atoms with E-state index in [4.69, 9.17) is 0 Å². The van der Waals surface area contributed by atoms with Crippen molar-refractivity contribution in [3.8, 4) is 0 Å². The van der Waals surface area contributed by atoms with Crippen LogP contribution in [0.2, 0.25) is 0 Å². The molecule has 2 saturated heterocycles. The summed E-state index contributed by atoms with van der Waals surface area (Å²) in [6.07, 6.45) is 2.37. The normalized spacial score (nSPS) is 23.2. The summed E-state index contributed by atoms with van der Waals surface area (Å²) in [6.45, 7) is 4.06. The van der Waals surface area contributed by atoms with E-state index in [2.05, 4.69) is 11.9 Å². The summed E-state index contributed by atoms with van der Waals surface area (Å²) < 4.78 is 26.5. The fourth-order valence-electron chi connectivity index (χ4n) is 3.08. The van der Waals surface area contributed by atoms with Gasteiger partial charge in [0.15, 0.2) is 0 Å². The van der Waals surface area contributed by atoms with Crippen LogP contribution in [0.4, 0.5) is 14.5 Å². The molecule has 0 atom stereocenters. The molecule has 0 radical (unpaired) electrons. The van der Waals surface area contributed by atoms with Gasteiger partial charge >= 0.3 is 0 Å². The summed E-state index contributed by atoms with van der Waals surface area (Å²) in [6, 6.07) is 3.85. The second-order valence-electron chi connectivity index (χ2n) is 5.76. The van der Waals surface area contributed by atoms with Crippen LogP contribution in [0.15, 0.2) is 18.2 Å². The summed E-state index contributed by atoms with van der Waals surface area (Å²) in [5.74, 6) is -0.955. The van der Waals surface area contributed by atoms with Gasteiger partial charge in [-0.1, -0.05) is 0 Å². The van der Waals surface area contributed by atoms with E-state index in [-0.39, 0.29) is 0 Å². The Labute approximate surface area is 106 Å². The molecule has 1 aromatic rings. The van der Waals surface area contributed by atoms with Crippen LogP contribution in [0.3, 0.4) is 0 Å². The molecule has 4 heteroatoms. The molecule has 0 bridgehead atoms. The number of benzene rings is 1. The standard InChI is InChI=1S/C14H18F2N2/c1-17-6-4-14(5-7-17)9-18(10-14)13-3-2-11(15)8-12(13)16/h2-3,8H,4-7,9-10H2,1H3. The second kappa shape index (κ2) is 4.19. The Morgan fingerprint density at radius 3 is 2.39 bits per heavy atom. The molecular weight excluding hydrogens is 234 g/mol. The molecule has 3 rings (SSSR count). The van der Waals surface area contributed by atoms with Crippen LogP contribution in [0, 0.1) is 17.0 Å². The highest BCUT2D eigenvalue weighted by molar-refractivity contribution is 5.51. The van der Waals surface area contributed by atoms with E-state index < -0.39 is 11.6 Å². The van der Waals surface area contributed by atoms with Gasteiger partial charge in [0, 0.05) is 24.6 Å². The van der Waals surface area contributed by atoms with Gasteiger partial charge in [0.25, 0.3) is 0 Å². The summed E-state index contributed by atoms with van der Waals surface area (Å²) in [5, 5.41) is 0. The van der Waals surface area contributed by atoms with Gasteiger partial charge in [0.1, 0.15) is 11.6 Å². The van der Waals surface area contributed by atoms with E-state index in [1.165, 1.54) is 18.9 Å². The first-order valence-electron chi connectivity index (χ1n) is 6.47. The lowest BCUT2D eigenvalue weighted by molar-refractivity contribution is 0.0901. The molecule has 98 valence electrons. The van der Waals surface area contributed by atoms with Crippen molar-refractivity contribution >= 4 is 5.69 Å². The smallest absolute Gasteiger partial charge is 0.149 e. The van der Waals surface area contributed by atoms with Crippen molar-refractivity contribution in [2.45, 2.75) is 12.8 Å². The number of hydrogen-bond acceptors (Lipinski definition) is 2. The lowest BCUT2D eigenvalue weighted by Crippen LogP contribution is -2.60. The van der Waals surface area contributed by atoms with Crippen LogP contribution < -0.4 is 4.90 Å². The van der Waals surface area contributed by atoms with Gasteiger partial charge in [-0.05, 0) is 45.1 Å². The Balaban J connectivity index is 1.68. The summed E-state index contributed by atoms with van der Waals surface area (Å²) in [7, 11) is 2.14. The molecule has 0 unspecified atom stereocenters. The van der Waals surface area contributed by atoms with E-state index in [1.54, 1.807) is 6.07 Å². The predicted molar refractivity (Wildman–Crippen MR) is 67.7 cm³/mol. The van der Waals surface area contributed by atoms with E-state index in [0.717, 1.165) is 32.2 Å². The second-order valence-corrected chi connectivity index (χ2v) is 5.76. The lowest BCUT2D eigenvalue weighted by atomic mass is 9.72. The van der Waals surface area contributed by atoms with Crippen LogP contribution in [-0.2, 0) is 0 Å². The van der Waals surface area contributed by atoms with Crippen molar-refractivity contribution in [3.63, 3.8) is 0 Å². The van der Waals surface area contributed by atoms with Crippen molar-refractivity contribution in [2.24, 2.45) is 5.41 Å². The van der Waals surface area contributed by atoms with Gasteiger partial charge < -0.3 is 9.80 Å². The van der Waals surface area contributed by atoms with E-state index in [1.807, 2.05) is 4.90 Å². The summed E-state index contributed by atoms with van der Waals surface area (Å²) >= 11 is 0. The van der Waals surface area contributed by atoms with Gasteiger partial charge in [0.05, 0.1) is 5.69 Å². The number of hydrogen-bond donors (Lipinski definition) is 0. The molecule has 0 amide bonds. The molecule has 2 heterocycles. The van der Waals surface area contributed by atoms with Gasteiger partial charge in [-0.2, -0.15) is 0 Å². The van der Waals surface area contributed by atoms with Crippen LogP contribution in [0.5, 0.6) is 0 Å². The van der Waals surface area contributed by atoms with E-state index >= 15 is 0 Å². The predicted octanol–water partition coefficient (Wildman–Crippen LogP) is 2.50. The molecule has 0 saturated carbocycles. The molecule has 18 heavy (non-hydrogen) atoms. The van der Waals surface area contributed by atoms with E-state index in [0.29, 0.717) is 11.1 Å². The zero-order chi connectivity index (χ0) is 12.8. The SMILES string of the molecule is CN1CCC2(CC1)CN(c1ccc(F)cc1F)C2. The molecule has 2 aliphatic rings. The maximum atomic E-state index is 13.6. The van der Waals surface area contributed by atoms with Crippen molar-refractivity contribution in [2.75, 3.05) is 38.1 Å². The number of rotatable bonds is 1. The van der Waals surface area contributed by atoms with Gasteiger partial charge in [-0.3, -0.25) is 0 Å². The van der Waals surface area contributed by atoms with Crippen LogP contribution >= 0.6 is 0 Å². The molecule has 0 aliphatic carbocycles. The molecule has 2 aliphatic heterocycles. The Hall–Kier alpha value is -1.16. The van der Waals surface area contributed by atoms with Crippen LogP contribution in [0.25, 0.3) is 0 Å². The first-order chi connectivity index (χ1) is 8.58. The fourth-order valence-corrected chi connectivity index (χ4v) is 3.08. The quantitative estimate of drug-likeness (QED) is 0.757. The van der Waals surface area contributed by atoms with Gasteiger partial charge in [-0.25, -0.2) is 8.78 Å². The third kappa shape index (κ3) is 1.99. The Morgan fingerprint density at radius 1 is 1.11 bits per heavy atom. The third-order valence-electron chi connectivity index (χ3n) is 4.35. The fraction of sp³-hybridized carbons (Fsp3) is 0.571. The highest BCUT2D eigenvalue weighted by Gasteiger charge is 2.44. The third-order valence-corrected chi connectivity index (χ3v) is 4.35. The molecule has 0 N–H and O–H groups in total. The number of halogens is 2. The highest BCUT2D eigenvalue weighted by Crippen LogP contribution is 2.42. The monoisotopic (exact) mass is 252 g/mol. The van der Waals surface area contributed by atoms with Gasteiger partial charge in [-0.15, -0.1) is 0 Å². The zero-order valence-corrected chi connectivity index (χ0v) is 10.6. The van der Waals surface area contributed by atoms with Gasteiger partial charge in [0.2, 0.25) is 0 Å². The number of nitrogens with zero attached hydrogens (tertiary/aromatic N) is 2. The summed E-state index contributed by atoms with van der Waals surface area (Å²) in [5.41, 5.74) is 0.911. The lowest BCUT2D eigenvalue weighted by Gasteiger charge is -2.54. The molecule has 2 fully saturated rings. The topological polar surface area (TPSA) is 6.48 Å². The largest absolute Gasteiger partial charge is 0.368 e. The van der Waals surface area contributed by atoms with Crippen molar-refractivity contribution in [1.82, 2.24) is 4.90 Å². The Morgan fingerprint density at radius 2 is 1.78 bits per heavy atom. The average Bonchev–Trinajstić information content (AvgIpc) is 2.28. The number of piperidine rings is 1. The average molecular weight is 252 g/mol. The molecule has 1 aromatic carbocycles. The Bertz CT molecular complexity index is 445. The molecule has 1 spiro atoms. The summed E-state index contributed by atoms with van der Waals surface area (Å²) in [4.78, 5) is 4.37. The maximum absolute atomic E-state index is 13.6. The van der Waals surface area contributed by atoms with Crippen molar-refractivity contribution < 1.29 is 8.78 Å². The zero-order valence-electron chi connectivity index (χ0n) is 10.6. The van der Waals surface area contributed by atoms with Crippen molar-refractivity contribution in [3.05, 3.63) is 29.8 Å². The molecular formula is C14H18F2N2. The van der Waals surface area contributed by atoms with Crippen molar-refractivity contribution in [1.29, 1.82) is 0 Å². The maximum Gasteiger partial charge on any atom is 0.149 e. The number of anilines is 1.